The molecule has 0 aromatic rings. The van der Waals surface area contributed by atoms with Crippen LogP contribution in [-0.2, 0) is 14.4 Å². The van der Waals surface area contributed by atoms with Crippen LogP contribution in [0.3, 0.4) is 0 Å². The van der Waals surface area contributed by atoms with Crippen LogP contribution in [0.4, 0.5) is 0 Å². The van der Waals surface area contributed by atoms with Gasteiger partial charge in [-0.2, -0.15) is 0 Å². The number of aldehydes is 1. The zero-order valence-electron chi connectivity index (χ0n) is 21.9. The standard InChI is InChI=1S/C30H44O3/c1-19(2)16-21(32)17-20(18-31)22-10-14-30(7)24-8-9-25-27(3,4)26(33)12-13-28(25,5)23(24)11-15-29(22,30)6/h8,16,18,20,22-23,25H,9-15,17H2,1-7H3. The molecule has 0 radical (unpaired) electrons. The molecule has 0 aliphatic heterocycles. The van der Waals surface area contributed by atoms with E-state index in [-0.39, 0.29) is 39.3 Å². The maximum absolute atomic E-state index is 12.8. The van der Waals surface area contributed by atoms with E-state index in [0.717, 1.165) is 50.4 Å². The molecule has 0 amide bonds. The fourth-order valence-corrected chi connectivity index (χ4v) is 9.14. The first kappa shape index (κ1) is 24.6. The van der Waals surface area contributed by atoms with Crippen molar-refractivity contribution in [3.05, 3.63) is 23.3 Å². The molecule has 7 atom stereocenters. The maximum Gasteiger partial charge on any atom is 0.156 e. The molecule has 4 aliphatic carbocycles. The first-order valence-electron chi connectivity index (χ1n) is 13.2. The molecular formula is C30H44O3. The summed E-state index contributed by atoms with van der Waals surface area (Å²) in [6.45, 7) is 15.6. The van der Waals surface area contributed by atoms with Gasteiger partial charge in [0.2, 0.25) is 0 Å². The minimum Gasteiger partial charge on any atom is -0.303 e. The topological polar surface area (TPSA) is 51.2 Å². The number of ketones is 2. The molecule has 4 aliphatic rings. The van der Waals surface area contributed by atoms with Gasteiger partial charge in [0.05, 0.1) is 0 Å². The highest BCUT2D eigenvalue weighted by Crippen LogP contribution is 2.73. The van der Waals surface area contributed by atoms with Crippen LogP contribution in [0.25, 0.3) is 0 Å². The van der Waals surface area contributed by atoms with Crippen LogP contribution < -0.4 is 0 Å². The van der Waals surface area contributed by atoms with Crippen molar-refractivity contribution in [2.45, 2.75) is 99.8 Å². The van der Waals surface area contributed by atoms with E-state index in [4.69, 9.17) is 0 Å². The Morgan fingerprint density at radius 1 is 1.09 bits per heavy atom. The number of carbonyl (C=O) groups is 3. The SMILES string of the molecule is CC(C)=CC(=O)CC(C=O)C1CCC2(C)C3=CCC4C(C)(C)C(=O)CCC4(C)C3CCC12C. The predicted octanol–water partition coefficient (Wildman–Crippen LogP) is 6.90. The molecule has 3 nitrogen and oxygen atoms in total. The van der Waals surface area contributed by atoms with E-state index in [0.29, 0.717) is 30.5 Å². The Bertz CT molecular complexity index is 919. The van der Waals surface area contributed by atoms with Gasteiger partial charge < -0.3 is 4.79 Å². The van der Waals surface area contributed by atoms with Crippen molar-refractivity contribution >= 4 is 17.9 Å². The third-order valence-electron chi connectivity index (χ3n) is 11.2. The molecule has 182 valence electrons. The maximum atomic E-state index is 12.8. The molecule has 0 bridgehead atoms. The minimum atomic E-state index is -0.247. The van der Waals surface area contributed by atoms with E-state index in [1.807, 2.05) is 13.8 Å². The number of carbonyl (C=O) groups excluding carboxylic acids is 3. The fraction of sp³-hybridized carbons (Fsp3) is 0.767. The molecule has 7 unspecified atom stereocenters. The third kappa shape index (κ3) is 3.47. The van der Waals surface area contributed by atoms with E-state index in [2.05, 4.69) is 40.7 Å². The van der Waals surface area contributed by atoms with Crippen molar-refractivity contribution < 1.29 is 14.4 Å². The Balaban J connectivity index is 1.67. The Kier molecular flexibility index (Phi) is 5.98. The van der Waals surface area contributed by atoms with Gasteiger partial charge in [-0.15, -0.1) is 0 Å². The van der Waals surface area contributed by atoms with E-state index in [1.165, 1.54) is 0 Å². The van der Waals surface area contributed by atoms with E-state index < -0.39 is 0 Å². The smallest absolute Gasteiger partial charge is 0.156 e. The van der Waals surface area contributed by atoms with Crippen LogP contribution >= 0.6 is 0 Å². The van der Waals surface area contributed by atoms with Gasteiger partial charge in [-0.1, -0.05) is 51.8 Å². The fourth-order valence-electron chi connectivity index (χ4n) is 9.14. The molecule has 0 spiro atoms. The van der Waals surface area contributed by atoms with Crippen LogP contribution in [0.5, 0.6) is 0 Å². The summed E-state index contributed by atoms with van der Waals surface area (Å²) in [5.41, 5.74) is 2.65. The average Bonchev–Trinajstić information content (AvgIpc) is 3.00. The van der Waals surface area contributed by atoms with Gasteiger partial charge in [0.15, 0.2) is 5.78 Å². The molecule has 0 aromatic carbocycles. The van der Waals surface area contributed by atoms with Gasteiger partial charge in [0, 0.05) is 24.2 Å². The lowest BCUT2D eigenvalue weighted by Crippen LogP contribution is -2.57. The summed E-state index contributed by atoms with van der Waals surface area (Å²) in [6, 6.07) is 0. The molecule has 0 heterocycles. The second kappa shape index (κ2) is 8.02. The zero-order chi connectivity index (χ0) is 24.4. The molecule has 3 saturated carbocycles. The van der Waals surface area contributed by atoms with Gasteiger partial charge in [0.1, 0.15) is 12.1 Å². The van der Waals surface area contributed by atoms with Crippen LogP contribution in [0, 0.1) is 45.3 Å². The summed E-state index contributed by atoms with van der Waals surface area (Å²) in [5.74, 6) is 1.52. The van der Waals surface area contributed by atoms with Crippen molar-refractivity contribution in [1.29, 1.82) is 0 Å². The van der Waals surface area contributed by atoms with Gasteiger partial charge in [0.25, 0.3) is 0 Å². The molecule has 33 heavy (non-hydrogen) atoms. The number of Topliss-reactive ketones (excluding diaryl/α,β-unsaturated/α-hetero) is 1. The highest BCUT2D eigenvalue weighted by Gasteiger charge is 2.65. The Morgan fingerprint density at radius 3 is 2.42 bits per heavy atom. The lowest BCUT2D eigenvalue weighted by Gasteiger charge is -2.63. The molecule has 0 aromatic heterocycles. The molecule has 0 saturated heterocycles. The van der Waals surface area contributed by atoms with Crippen LogP contribution in [-0.4, -0.2) is 17.9 Å². The quantitative estimate of drug-likeness (QED) is 0.259. The molecule has 0 N–H and O–H groups in total. The predicted molar refractivity (Wildman–Crippen MR) is 133 cm³/mol. The van der Waals surface area contributed by atoms with E-state index in [9.17, 15) is 14.4 Å². The summed E-state index contributed by atoms with van der Waals surface area (Å²) in [6.07, 6.45) is 12.7. The number of hydrogen-bond donors (Lipinski definition) is 0. The van der Waals surface area contributed by atoms with Crippen LogP contribution in [0.1, 0.15) is 99.8 Å². The van der Waals surface area contributed by atoms with E-state index in [1.54, 1.807) is 11.6 Å². The first-order chi connectivity index (χ1) is 15.3. The highest BCUT2D eigenvalue weighted by atomic mass is 16.1. The van der Waals surface area contributed by atoms with Crippen molar-refractivity contribution in [3.8, 4) is 0 Å². The summed E-state index contributed by atoms with van der Waals surface area (Å²) in [7, 11) is 0. The monoisotopic (exact) mass is 452 g/mol. The highest BCUT2D eigenvalue weighted by molar-refractivity contribution is 5.91. The van der Waals surface area contributed by atoms with Crippen molar-refractivity contribution in [1.82, 2.24) is 0 Å². The normalized spacial score (nSPS) is 42.3. The van der Waals surface area contributed by atoms with E-state index >= 15 is 0 Å². The molecule has 3 fully saturated rings. The summed E-state index contributed by atoms with van der Waals surface area (Å²) < 4.78 is 0. The Labute approximate surface area is 200 Å². The number of hydrogen-bond acceptors (Lipinski definition) is 3. The molecule has 4 rings (SSSR count). The second-order valence-electron chi connectivity index (χ2n) is 13.3. The number of rotatable bonds is 5. The van der Waals surface area contributed by atoms with Crippen LogP contribution in [0.2, 0.25) is 0 Å². The second-order valence-corrected chi connectivity index (χ2v) is 13.3. The minimum absolute atomic E-state index is 0.0371. The molecular weight excluding hydrogens is 408 g/mol. The number of fused-ring (bicyclic) bond motifs is 5. The molecule has 3 heteroatoms. The largest absolute Gasteiger partial charge is 0.303 e. The summed E-state index contributed by atoms with van der Waals surface area (Å²) >= 11 is 0. The third-order valence-corrected chi connectivity index (χ3v) is 11.2. The lowest BCUT2D eigenvalue weighted by atomic mass is 9.41. The Hall–Kier alpha value is -1.51. The van der Waals surface area contributed by atoms with Gasteiger partial charge in [-0.25, -0.2) is 0 Å². The van der Waals surface area contributed by atoms with Gasteiger partial charge in [-0.05, 0) is 92.4 Å². The van der Waals surface area contributed by atoms with Crippen molar-refractivity contribution in [2.75, 3.05) is 0 Å². The number of allylic oxidation sites excluding steroid dienone is 4. The van der Waals surface area contributed by atoms with Crippen molar-refractivity contribution in [3.63, 3.8) is 0 Å². The first-order valence-corrected chi connectivity index (χ1v) is 13.2. The van der Waals surface area contributed by atoms with Crippen molar-refractivity contribution in [2.24, 2.45) is 45.3 Å². The van der Waals surface area contributed by atoms with Crippen LogP contribution in [0.15, 0.2) is 23.3 Å². The summed E-state index contributed by atoms with van der Waals surface area (Å²) in [4.78, 5) is 37.6. The lowest BCUT2D eigenvalue weighted by molar-refractivity contribution is -0.146. The Morgan fingerprint density at radius 2 is 1.79 bits per heavy atom. The van der Waals surface area contributed by atoms with Gasteiger partial charge >= 0.3 is 0 Å². The zero-order valence-corrected chi connectivity index (χ0v) is 21.9. The van der Waals surface area contributed by atoms with Gasteiger partial charge in [-0.3, -0.25) is 9.59 Å². The summed E-state index contributed by atoms with van der Waals surface area (Å²) in [5, 5.41) is 0. The average molecular weight is 453 g/mol.